The van der Waals surface area contributed by atoms with Crippen molar-refractivity contribution in [1.82, 2.24) is 35.0 Å². The highest BCUT2D eigenvalue weighted by molar-refractivity contribution is 5.79. The molecule has 0 spiro atoms. The number of nitriles is 1. The van der Waals surface area contributed by atoms with Crippen LogP contribution in [0.3, 0.4) is 0 Å². The van der Waals surface area contributed by atoms with Crippen LogP contribution in [0.5, 0.6) is 5.75 Å². The molecule has 2 aliphatic heterocycles. The predicted molar refractivity (Wildman–Crippen MR) is 119 cm³/mol. The van der Waals surface area contributed by atoms with Gasteiger partial charge < -0.3 is 14.4 Å². The van der Waals surface area contributed by atoms with E-state index in [0.29, 0.717) is 43.2 Å². The Balaban J connectivity index is 1.17. The summed E-state index contributed by atoms with van der Waals surface area (Å²) in [5, 5.41) is 20.2. The number of piperazine rings is 1. The Hall–Kier alpha value is -3.88. The number of hydrogen-bond acceptors (Lipinski definition) is 9. The molecule has 3 aromatic rings. The molecule has 0 N–H and O–H groups in total. The lowest BCUT2D eigenvalue weighted by molar-refractivity contribution is -0.139. The largest absolute Gasteiger partial charge is 0.495 e. The zero-order chi connectivity index (χ0) is 23.5. The number of tetrazole rings is 1. The molecule has 0 bridgehead atoms. The first-order valence-corrected chi connectivity index (χ1v) is 11.0. The standard InChI is InChI=1S/C23H24N8O3/c1-33-20-9-17(3-4-18(20)10-24)21-13-29-6-7-30(12-19(29)14-34-21)23(32)8-16-2-5-22(25-11-16)31-15-26-27-28-31/h2-5,9,11,15,19,21H,6-8,12-14H2,1H3/t19-,21-/m1/s1. The van der Waals surface area contributed by atoms with E-state index in [0.717, 1.165) is 24.2 Å². The minimum atomic E-state index is -0.0927. The number of carbonyl (C=O) groups excluding carboxylic acids is 1. The fourth-order valence-electron chi connectivity index (χ4n) is 4.42. The minimum Gasteiger partial charge on any atom is -0.495 e. The number of fused-ring (bicyclic) bond motifs is 1. The van der Waals surface area contributed by atoms with E-state index in [1.54, 1.807) is 25.4 Å². The van der Waals surface area contributed by atoms with Gasteiger partial charge in [-0.2, -0.15) is 9.94 Å². The van der Waals surface area contributed by atoms with Gasteiger partial charge >= 0.3 is 0 Å². The van der Waals surface area contributed by atoms with E-state index in [2.05, 4.69) is 31.5 Å². The number of ether oxygens (including phenoxy) is 2. The molecule has 0 saturated carbocycles. The van der Waals surface area contributed by atoms with Crippen LogP contribution >= 0.6 is 0 Å². The summed E-state index contributed by atoms with van der Waals surface area (Å²) in [7, 11) is 1.56. The third-order valence-electron chi connectivity index (χ3n) is 6.31. The number of hydrogen-bond donors (Lipinski definition) is 0. The average molecular weight is 460 g/mol. The number of carbonyl (C=O) groups is 1. The molecule has 2 aromatic heterocycles. The van der Waals surface area contributed by atoms with Gasteiger partial charge in [0.2, 0.25) is 5.91 Å². The molecule has 1 amide bonds. The van der Waals surface area contributed by atoms with E-state index in [1.807, 2.05) is 23.1 Å². The van der Waals surface area contributed by atoms with Crippen LogP contribution in [0.1, 0.15) is 22.8 Å². The molecule has 2 fully saturated rings. The Bertz CT molecular complexity index is 1190. The highest BCUT2D eigenvalue weighted by Gasteiger charge is 2.35. The van der Waals surface area contributed by atoms with Gasteiger partial charge in [-0.3, -0.25) is 9.69 Å². The van der Waals surface area contributed by atoms with Crippen molar-refractivity contribution in [1.29, 1.82) is 5.26 Å². The van der Waals surface area contributed by atoms with E-state index in [1.165, 1.54) is 11.0 Å². The quantitative estimate of drug-likeness (QED) is 0.543. The molecular weight excluding hydrogens is 436 g/mol. The van der Waals surface area contributed by atoms with E-state index in [9.17, 15) is 10.1 Å². The van der Waals surface area contributed by atoms with Crippen molar-refractivity contribution in [3.63, 3.8) is 0 Å². The van der Waals surface area contributed by atoms with Crippen LogP contribution in [0.25, 0.3) is 5.82 Å². The van der Waals surface area contributed by atoms with Crippen LogP contribution in [0, 0.1) is 11.3 Å². The van der Waals surface area contributed by atoms with Crippen molar-refractivity contribution >= 4 is 5.91 Å². The molecule has 0 radical (unpaired) electrons. The molecule has 2 aliphatic rings. The summed E-state index contributed by atoms with van der Waals surface area (Å²) in [6.07, 6.45) is 3.36. The maximum Gasteiger partial charge on any atom is 0.227 e. The Kier molecular flexibility index (Phi) is 6.16. The normalized spacial score (nSPS) is 20.4. The predicted octanol–water partition coefficient (Wildman–Crippen LogP) is 0.764. The van der Waals surface area contributed by atoms with Gasteiger partial charge in [0, 0.05) is 32.4 Å². The van der Waals surface area contributed by atoms with Crippen molar-refractivity contribution in [2.75, 3.05) is 39.9 Å². The summed E-state index contributed by atoms with van der Waals surface area (Å²) < 4.78 is 13.0. The molecule has 4 heterocycles. The van der Waals surface area contributed by atoms with Crippen LogP contribution in [0.2, 0.25) is 0 Å². The number of amides is 1. The van der Waals surface area contributed by atoms with Gasteiger partial charge in [0.15, 0.2) is 5.82 Å². The lowest BCUT2D eigenvalue weighted by Crippen LogP contribution is -2.59. The van der Waals surface area contributed by atoms with Gasteiger partial charge in [0.05, 0.1) is 37.8 Å². The molecule has 174 valence electrons. The second-order valence-electron chi connectivity index (χ2n) is 8.34. The van der Waals surface area contributed by atoms with Crippen molar-refractivity contribution in [2.24, 2.45) is 0 Å². The van der Waals surface area contributed by atoms with Gasteiger partial charge in [-0.25, -0.2) is 4.98 Å². The Morgan fingerprint density at radius 1 is 1.26 bits per heavy atom. The second kappa shape index (κ2) is 9.54. The van der Waals surface area contributed by atoms with E-state index >= 15 is 0 Å². The molecule has 0 unspecified atom stereocenters. The third kappa shape index (κ3) is 4.46. The summed E-state index contributed by atoms with van der Waals surface area (Å²) in [6.45, 7) is 3.39. The lowest BCUT2D eigenvalue weighted by Gasteiger charge is -2.46. The fraction of sp³-hybridized carbons (Fsp3) is 0.391. The van der Waals surface area contributed by atoms with Gasteiger partial charge in [-0.05, 0) is 39.8 Å². The molecule has 11 nitrogen and oxygen atoms in total. The highest BCUT2D eigenvalue weighted by Crippen LogP contribution is 2.30. The zero-order valence-electron chi connectivity index (χ0n) is 18.7. The molecule has 2 atom stereocenters. The van der Waals surface area contributed by atoms with Gasteiger partial charge in [0.1, 0.15) is 18.1 Å². The summed E-state index contributed by atoms with van der Waals surface area (Å²) in [6, 6.07) is 11.5. The smallest absolute Gasteiger partial charge is 0.227 e. The van der Waals surface area contributed by atoms with Gasteiger partial charge in [-0.15, -0.1) is 5.10 Å². The van der Waals surface area contributed by atoms with Crippen molar-refractivity contribution in [2.45, 2.75) is 18.6 Å². The Labute approximate surface area is 196 Å². The van der Waals surface area contributed by atoms with Crippen LogP contribution < -0.4 is 4.74 Å². The molecule has 1 aromatic carbocycles. The summed E-state index contributed by atoms with van der Waals surface area (Å²) in [4.78, 5) is 21.6. The Morgan fingerprint density at radius 3 is 2.91 bits per heavy atom. The van der Waals surface area contributed by atoms with E-state index < -0.39 is 0 Å². The fourth-order valence-corrected chi connectivity index (χ4v) is 4.42. The molecule has 11 heteroatoms. The summed E-state index contributed by atoms with van der Waals surface area (Å²) in [5.41, 5.74) is 2.34. The van der Waals surface area contributed by atoms with Crippen LogP contribution in [-0.4, -0.2) is 86.8 Å². The summed E-state index contributed by atoms with van der Waals surface area (Å²) in [5.74, 6) is 1.24. The molecule has 0 aliphatic carbocycles. The Morgan fingerprint density at radius 2 is 2.18 bits per heavy atom. The first kappa shape index (κ1) is 21.9. The number of rotatable bonds is 5. The molecule has 34 heavy (non-hydrogen) atoms. The SMILES string of the molecule is COc1cc([C@H]2CN3CCN(C(=O)Cc4ccc(-n5cnnn5)nc4)C[C@@H]3CO2)ccc1C#N. The molecule has 2 saturated heterocycles. The zero-order valence-corrected chi connectivity index (χ0v) is 18.7. The molecule has 5 rings (SSSR count). The topological polar surface area (TPSA) is 122 Å². The third-order valence-corrected chi connectivity index (χ3v) is 6.31. The van der Waals surface area contributed by atoms with Crippen molar-refractivity contribution < 1.29 is 14.3 Å². The maximum absolute atomic E-state index is 12.9. The number of nitrogens with zero attached hydrogens (tertiary/aromatic N) is 8. The van der Waals surface area contributed by atoms with Gasteiger partial charge in [-0.1, -0.05) is 12.1 Å². The van der Waals surface area contributed by atoms with Crippen molar-refractivity contribution in [3.8, 4) is 17.6 Å². The molecular formula is C23H24N8O3. The number of pyridine rings is 1. The maximum atomic E-state index is 12.9. The van der Waals surface area contributed by atoms with E-state index in [-0.39, 0.29) is 18.1 Å². The van der Waals surface area contributed by atoms with E-state index in [4.69, 9.17) is 9.47 Å². The lowest BCUT2D eigenvalue weighted by atomic mass is 10.0. The number of morpholine rings is 1. The first-order valence-electron chi connectivity index (χ1n) is 11.0. The minimum absolute atomic E-state index is 0.0792. The highest BCUT2D eigenvalue weighted by atomic mass is 16.5. The van der Waals surface area contributed by atoms with Gasteiger partial charge in [0.25, 0.3) is 0 Å². The second-order valence-corrected chi connectivity index (χ2v) is 8.34. The van der Waals surface area contributed by atoms with Crippen LogP contribution in [0.15, 0.2) is 42.9 Å². The number of aromatic nitrogens is 5. The van der Waals surface area contributed by atoms with Crippen LogP contribution in [-0.2, 0) is 16.0 Å². The van der Waals surface area contributed by atoms with Crippen LogP contribution in [0.4, 0.5) is 0 Å². The van der Waals surface area contributed by atoms with Crippen molar-refractivity contribution in [3.05, 3.63) is 59.5 Å². The average Bonchev–Trinajstić information content (AvgIpc) is 3.43. The first-order chi connectivity index (χ1) is 16.6. The number of benzene rings is 1. The summed E-state index contributed by atoms with van der Waals surface area (Å²) >= 11 is 0. The monoisotopic (exact) mass is 460 g/mol. The number of methoxy groups -OCH3 is 1.